The highest BCUT2D eigenvalue weighted by Crippen LogP contribution is 2.29. The van der Waals surface area contributed by atoms with Crippen LogP contribution in [0, 0.1) is 13.8 Å². The fourth-order valence-corrected chi connectivity index (χ4v) is 4.75. The molecule has 1 aliphatic rings. The average Bonchev–Trinajstić information content (AvgIpc) is 3.39. The predicted molar refractivity (Wildman–Crippen MR) is 115 cm³/mol. The van der Waals surface area contributed by atoms with Crippen LogP contribution >= 0.6 is 0 Å². The lowest BCUT2D eigenvalue weighted by atomic mass is 10.1. The molecule has 1 unspecified atom stereocenters. The molecule has 7 nitrogen and oxygen atoms in total. The number of nitrogens with one attached hydrogen (secondary N) is 1. The van der Waals surface area contributed by atoms with Gasteiger partial charge in [0.1, 0.15) is 5.75 Å². The van der Waals surface area contributed by atoms with Gasteiger partial charge in [0.2, 0.25) is 0 Å². The fraction of sp³-hybridized carbons (Fsp3) is 0.455. The van der Waals surface area contributed by atoms with E-state index >= 15 is 0 Å². The lowest BCUT2D eigenvalue weighted by molar-refractivity contribution is -0.167. The van der Waals surface area contributed by atoms with Crippen molar-refractivity contribution in [2.45, 2.75) is 50.3 Å². The molecule has 160 valence electrons. The van der Waals surface area contributed by atoms with E-state index in [-0.39, 0.29) is 5.75 Å². The Balaban J connectivity index is 1.43. The van der Waals surface area contributed by atoms with Crippen LogP contribution in [0.5, 0.6) is 5.75 Å². The Bertz CT molecular complexity index is 1020. The van der Waals surface area contributed by atoms with Gasteiger partial charge in [0.05, 0.1) is 36.5 Å². The summed E-state index contributed by atoms with van der Waals surface area (Å²) < 4.78 is 30.4. The number of ether oxygens (including phenoxy) is 3. The predicted octanol–water partition coefficient (Wildman–Crippen LogP) is 3.80. The van der Waals surface area contributed by atoms with Crippen molar-refractivity contribution in [3.8, 4) is 5.75 Å². The maximum atomic E-state index is 12.9. The minimum absolute atomic E-state index is 0.271. The molecule has 0 aliphatic carbocycles. The smallest absolute Gasteiger partial charge is 0.322 e. The number of aromatic amines is 1. The summed E-state index contributed by atoms with van der Waals surface area (Å²) in [6.07, 6.45) is 3.13. The summed E-state index contributed by atoms with van der Waals surface area (Å²) >= 11 is -1.33. The van der Waals surface area contributed by atoms with Gasteiger partial charge in [0.15, 0.2) is 11.5 Å². The number of fused-ring (bicyclic) bond motifs is 1. The third-order valence-corrected chi connectivity index (χ3v) is 6.69. The molecule has 0 radical (unpaired) electrons. The zero-order valence-electron chi connectivity index (χ0n) is 17.6. The van der Waals surface area contributed by atoms with Gasteiger partial charge < -0.3 is 18.8 Å². The van der Waals surface area contributed by atoms with Crippen LogP contribution in [0.2, 0.25) is 0 Å². The van der Waals surface area contributed by atoms with Gasteiger partial charge in [-0.15, -0.1) is 0 Å². The second-order valence-corrected chi connectivity index (χ2v) is 8.81. The number of rotatable bonds is 8. The van der Waals surface area contributed by atoms with E-state index in [0.717, 1.165) is 40.0 Å². The van der Waals surface area contributed by atoms with E-state index < -0.39 is 17.0 Å². The molecular formula is C22H27N3O4S. The molecule has 0 amide bonds. The number of hydrogen-bond donors (Lipinski definition) is 1. The molecule has 4 rings (SSSR count). The first kappa shape index (κ1) is 21.1. The number of benzene rings is 1. The highest BCUT2D eigenvalue weighted by molar-refractivity contribution is 7.90. The van der Waals surface area contributed by atoms with E-state index in [4.69, 9.17) is 14.2 Å². The van der Waals surface area contributed by atoms with Crippen molar-refractivity contribution in [1.82, 2.24) is 15.0 Å². The number of para-hydroxylation sites is 1. The largest absolute Gasteiger partial charge is 0.609 e. The van der Waals surface area contributed by atoms with Gasteiger partial charge in [-0.1, -0.05) is 19.1 Å². The Morgan fingerprint density at radius 1 is 1.23 bits per heavy atom. The average molecular weight is 430 g/mol. The third kappa shape index (κ3) is 4.32. The Morgan fingerprint density at radius 3 is 2.77 bits per heavy atom. The van der Waals surface area contributed by atoms with Crippen LogP contribution in [0.1, 0.15) is 36.6 Å². The highest BCUT2D eigenvalue weighted by Gasteiger charge is 2.34. The molecule has 1 aromatic carbocycles. The lowest BCUT2D eigenvalue weighted by Gasteiger charge is -2.25. The first-order valence-electron chi connectivity index (χ1n) is 10.2. The zero-order chi connectivity index (χ0) is 21.1. The summed E-state index contributed by atoms with van der Waals surface area (Å²) in [6.45, 7) is 7.71. The van der Waals surface area contributed by atoms with E-state index in [1.807, 2.05) is 38.1 Å². The second kappa shape index (κ2) is 8.93. The number of aromatic nitrogens is 3. The minimum atomic E-state index is -1.33. The van der Waals surface area contributed by atoms with Gasteiger partial charge in [-0.3, -0.25) is 9.97 Å². The number of nitrogens with zero attached hydrogens (tertiary/aromatic N) is 2. The summed E-state index contributed by atoms with van der Waals surface area (Å²) in [5, 5.41) is 0.465. The maximum Gasteiger partial charge on any atom is 0.322 e. The number of H-pyrrole nitrogens is 1. The lowest BCUT2D eigenvalue weighted by Crippen LogP contribution is -2.31. The number of aryl methyl sites for hydroxylation is 1. The van der Waals surface area contributed by atoms with Gasteiger partial charge in [-0.05, 0) is 38.0 Å². The van der Waals surface area contributed by atoms with Gasteiger partial charge in [-0.25, -0.2) is 0 Å². The minimum Gasteiger partial charge on any atom is -0.609 e. The third-order valence-electron chi connectivity index (χ3n) is 5.53. The normalized spacial score (nSPS) is 16.8. The van der Waals surface area contributed by atoms with Crippen molar-refractivity contribution >= 4 is 22.2 Å². The Morgan fingerprint density at radius 2 is 2.03 bits per heavy atom. The van der Waals surface area contributed by atoms with Crippen molar-refractivity contribution in [2.75, 3.05) is 19.8 Å². The van der Waals surface area contributed by atoms with Crippen LogP contribution < -0.4 is 4.74 Å². The standard InChI is InChI=1S/C22H27N3O4S/c1-4-22(28-12-13-29-22)9-11-27-19-8-10-23-18(16(19)3)14-30(26)21-24-17-7-5-6-15(2)20(17)25-21/h5-8,10H,4,9,11-14H2,1-3H3,(H,24,25). The fourth-order valence-electron chi connectivity index (χ4n) is 3.65. The zero-order valence-corrected chi connectivity index (χ0v) is 18.4. The quantitative estimate of drug-likeness (QED) is 0.548. The topological polar surface area (TPSA) is 92.3 Å². The second-order valence-electron chi connectivity index (χ2n) is 7.44. The maximum absolute atomic E-state index is 12.9. The molecule has 3 heterocycles. The van der Waals surface area contributed by atoms with E-state index in [1.54, 1.807) is 6.20 Å². The summed E-state index contributed by atoms with van der Waals surface area (Å²) in [5.74, 6) is 0.472. The molecule has 1 atom stereocenters. The van der Waals surface area contributed by atoms with Crippen LogP contribution in [-0.2, 0) is 26.4 Å². The highest BCUT2D eigenvalue weighted by atomic mass is 32.2. The Hall–Kier alpha value is -2.13. The van der Waals surface area contributed by atoms with Gasteiger partial charge >= 0.3 is 5.16 Å². The van der Waals surface area contributed by atoms with Gasteiger partial charge in [-0.2, -0.15) is 4.98 Å². The van der Waals surface area contributed by atoms with Gasteiger partial charge in [0.25, 0.3) is 0 Å². The molecule has 2 aromatic heterocycles. The monoisotopic (exact) mass is 429 g/mol. The molecule has 3 aromatic rings. The molecule has 1 N–H and O–H groups in total. The van der Waals surface area contributed by atoms with Crippen molar-refractivity contribution in [3.63, 3.8) is 0 Å². The molecule has 1 fully saturated rings. The summed E-state index contributed by atoms with van der Waals surface area (Å²) in [7, 11) is 0. The van der Waals surface area contributed by atoms with Crippen molar-refractivity contribution in [2.24, 2.45) is 0 Å². The molecular weight excluding hydrogens is 402 g/mol. The van der Waals surface area contributed by atoms with E-state index in [2.05, 4.69) is 21.9 Å². The summed E-state index contributed by atoms with van der Waals surface area (Å²) in [6, 6.07) is 7.72. The molecule has 1 aliphatic heterocycles. The summed E-state index contributed by atoms with van der Waals surface area (Å²) in [5.41, 5.74) is 4.42. The van der Waals surface area contributed by atoms with Crippen LogP contribution in [0.25, 0.3) is 11.0 Å². The van der Waals surface area contributed by atoms with Crippen LogP contribution in [0.3, 0.4) is 0 Å². The molecule has 8 heteroatoms. The molecule has 0 bridgehead atoms. The first-order valence-corrected chi connectivity index (χ1v) is 11.5. The molecule has 0 saturated carbocycles. The Kier molecular flexibility index (Phi) is 6.29. The summed E-state index contributed by atoms with van der Waals surface area (Å²) in [4.78, 5) is 12.1. The molecule has 0 spiro atoms. The SMILES string of the molecule is CCC1(CCOc2ccnc(C[S+]([O-])c3nc4c(C)cccc4[nH]3)c2C)OCCO1. The van der Waals surface area contributed by atoms with E-state index in [9.17, 15) is 4.55 Å². The number of hydrogen-bond acceptors (Lipinski definition) is 6. The Labute approximate surface area is 179 Å². The van der Waals surface area contributed by atoms with Crippen molar-refractivity contribution in [3.05, 3.63) is 47.3 Å². The molecule has 1 saturated heterocycles. The number of pyridine rings is 1. The van der Waals surface area contributed by atoms with Gasteiger partial charge in [0, 0.05) is 29.4 Å². The van der Waals surface area contributed by atoms with Crippen LogP contribution in [-0.4, -0.2) is 45.1 Å². The van der Waals surface area contributed by atoms with Crippen molar-refractivity contribution < 1.29 is 18.8 Å². The van der Waals surface area contributed by atoms with E-state index in [1.165, 1.54) is 0 Å². The first-order chi connectivity index (χ1) is 14.5. The molecule has 30 heavy (non-hydrogen) atoms. The van der Waals surface area contributed by atoms with E-state index in [0.29, 0.717) is 31.4 Å². The number of imidazole rings is 1. The van der Waals surface area contributed by atoms with Crippen LogP contribution in [0.15, 0.2) is 35.6 Å². The van der Waals surface area contributed by atoms with Crippen LogP contribution in [0.4, 0.5) is 0 Å². The van der Waals surface area contributed by atoms with Crippen molar-refractivity contribution in [1.29, 1.82) is 0 Å².